The molecular formula is C40H23N3OS. The summed E-state index contributed by atoms with van der Waals surface area (Å²) in [7, 11) is 0. The lowest BCUT2D eigenvalue weighted by molar-refractivity contribution is 0.669. The van der Waals surface area contributed by atoms with Gasteiger partial charge in [-0.25, -0.2) is 9.97 Å². The monoisotopic (exact) mass is 593 g/mol. The van der Waals surface area contributed by atoms with Crippen molar-refractivity contribution in [1.29, 1.82) is 0 Å². The van der Waals surface area contributed by atoms with Gasteiger partial charge in [-0.2, -0.15) is 0 Å². The van der Waals surface area contributed by atoms with Crippen LogP contribution in [0.1, 0.15) is 0 Å². The van der Waals surface area contributed by atoms with Gasteiger partial charge in [0.15, 0.2) is 5.82 Å². The molecule has 0 aliphatic heterocycles. The molecule has 10 rings (SSSR count). The summed E-state index contributed by atoms with van der Waals surface area (Å²) in [5, 5.41) is 5.77. The Hall–Kier alpha value is -5.78. The maximum Gasteiger partial charge on any atom is 0.164 e. The topological polar surface area (TPSA) is 43.9 Å². The number of benzene rings is 6. The smallest absolute Gasteiger partial charge is 0.164 e. The van der Waals surface area contributed by atoms with Crippen molar-refractivity contribution in [2.45, 2.75) is 0 Å². The minimum absolute atomic E-state index is 0.664. The molecule has 0 spiro atoms. The standard InChI is InChI=1S/C40H23N3OS/c1-3-12-24(13-4-1)35-39-36(42-40(41-35)30-19-11-18-27-26-16-8-10-21-33(26)44-37(27)30)29-22-23-32-34(38(29)45-39)28-17-7-9-20-31(28)43(32)25-14-5-2-6-15-25/h1-23H. The van der Waals surface area contributed by atoms with Gasteiger partial charge in [-0.1, -0.05) is 97.1 Å². The summed E-state index contributed by atoms with van der Waals surface area (Å²) < 4.78 is 11.1. The Bertz CT molecular complexity index is 2760. The molecule has 0 bridgehead atoms. The molecule has 0 saturated heterocycles. The van der Waals surface area contributed by atoms with E-state index < -0.39 is 0 Å². The van der Waals surface area contributed by atoms with E-state index in [1.54, 1.807) is 11.3 Å². The van der Waals surface area contributed by atoms with Crippen molar-refractivity contribution < 1.29 is 4.42 Å². The molecule has 210 valence electrons. The number of furan rings is 1. The maximum atomic E-state index is 6.44. The third-order valence-electron chi connectivity index (χ3n) is 8.82. The van der Waals surface area contributed by atoms with E-state index in [0.717, 1.165) is 60.0 Å². The second-order valence-electron chi connectivity index (χ2n) is 11.3. The van der Waals surface area contributed by atoms with Crippen LogP contribution in [0.5, 0.6) is 0 Å². The lowest BCUT2D eigenvalue weighted by Gasteiger charge is -2.08. The van der Waals surface area contributed by atoms with Crippen LogP contribution < -0.4 is 0 Å². The van der Waals surface area contributed by atoms with Gasteiger partial charge in [-0.15, -0.1) is 11.3 Å². The summed E-state index contributed by atoms with van der Waals surface area (Å²) in [5.74, 6) is 0.664. The Morgan fingerprint density at radius 1 is 0.533 bits per heavy atom. The van der Waals surface area contributed by atoms with E-state index in [4.69, 9.17) is 14.4 Å². The van der Waals surface area contributed by atoms with Gasteiger partial charge in [0.1, 0.15) is 11.2 Å². The molecule has 4 aromatic heterocycles. The van der Waals surface area contributed by atoms with Crippen molar-refractivity contribution in [2.75, 3.05) is 0 Å². The molecule has 0 saturated carbocycles. The first-order chi connectivity index (χ1) is 22.3. The Kier molecular flexibility index (Phi) is 5.12. The van der Waals surface area contributed by atoms with E-state index >= 15 is 0 Å². The zero-order valence-electron chi connectivity index (χ0n) is 23.9. The molecule has 6 aromatic carbocycles. The average molecular weight is 594 g/mol. The van der Waals surface area contributed by atoms with Gasteiger partial charge in [0.05, 0.1) is 32.5 Å². The van der Waals surface area contributed by atoms with Crippen LogP contribution in [0.2, 0.25) is 0 Å². The van der Waals surface area contributed by atoms with Crippen LogP contribution in [0.25, 0.3) is 92.4 Å². The highest BCUT2D eigenvalue weighted by Gasteiger charge is 2.22. The fourth-order valence-corrected chi connectivity index (χ4v) is 8.15. The molecule has 10 aromatic rings. The van der Waals surface area contributed by atoms with E-state index in [2.05, 4.69) is 120 Å². The van der Waals surface area contributed by atoms with Crippen molar-refractivity contribution in [3.8, 4) is 28.3 Å². The molecule has 45 heavy (non-hydrogen) atoms. The molecule has 4 heterocycles. The van der Waals surface area contributed by atoms with Gasteiger partial charge >= 0.3 is 0 Å². The first-order valence-corrected chi connectivity index (χ1v) is 15.8. The quantitative estimate of drug-likeness (QED) is 0.205. The fraction of sp³-hybridized carbons (Fsp3) is 0. The molecule has 0 aliphatic carbocycles. The van der Waals surface area contributed by atoms with E-state index in [1.807, 2.05) is 24.3 Å². The summed E-state index contributed by atoms with van der Waals surface area (Å²) in [6.45, 7) is 0. The summed E-state index contributed by atoms with van der Waals surface area (Å²) in [6, 6.07) is 48.7. The zero-order valence-corrected chi connectivity index (χ0v) is 24.8. The molecule has 0 N–H and O–H groups in total. The number of hydrogen-bond acceptors (Lipinski definition) is 4. The van der Waals surface area contributed by atoms with Crippen molar-refractivity contribution in [3.05, 3.63) is 140 Å². The van der Waals surface area contributed by atoms with Crippen LogP contribution in [0.15, 0.2) is 144 Å². The molecule has 0 aliphatic rings. The zero-order chi connectivity index (χ0) is 29.5. The van der Waals surface area contributed by atoms with E-state index in [0.29, 0.717) is 5.82 Å². The minimum atomic E-state index is 0.664. The third-order valence-corrected chi connectivity index (χ3v) is 10.0. The first-order valence-electron chi connectivity index (χ1n) is 15.0. The molecule has 0 atom stereocenters. The van der Waals surface area contributed by atoms with E-state index in [9.17, 15) is 0 Å². The van der Waals surface area contributed by atoms with Gasteiger partial charge in [0, 0.05) is 42.9 Å². The van der Waals surface area contributed by atoms with Gasteiger partial charge in [-0.3, -0.25) is 0 Å². The molecule has 4 nitrogen and oxygen atoms in total. The Morgan fingerprint density at radius 2 is 1.27 bits per heavy atom. The highest BCUT2D eigenvalue weighted by molar-refractivity contribution is 7.27. The highest BCUT2D eigenvalue weighted by atomic mass is 32.1. The van der Waals surface area contributed by atoms with E-state index in [-0.39, 0.29) is 0 Å². The minimum Gasteiger partial charge on any atom is -0.455 e. The van der Waals surface area contributed by atoms with Crippen molar-refractivity contribution in [2.24, 2.45) is 0 Å². The Labute approximate surface area is 261 Å². The fourth-order valence-electron chi connectivity index (χ4n) is 6.84. The van der Waals surface area contributed by atoms with Gasteiger partial charge < -0.3 is 8.98 Å². The predicted octanol–water partition coefficient (Wildman–Crippen LogP) is 11.2. The van der Waals surface area contributed by atoms with Crippen LogP contribution in [0.3, 0.4) is 0 Å². The van der Waals surface area contributed by atoms with Gasteiger partial charge in [-0.05, 0) is 42.5 Å². The highest BCUT2D eigenvalue weighted by Crippen LogP contribution is 2.46. The summed E-state index contributed by atoms with van der Waals surface area (Å²) in [5.41, 5.74) is 9.05. The normalized spacial score (nSPS) is 12.0. The number of hydrogen-bond donors (Lipinski definition) is 0. The summed E-state index contributed by atoms with van der Waals surface area (Å²) in [4.78, 5) is 10.6. The number of fused-ring (bicyclic) bond motifs is 10. The first kappa shape index (κ1) is 24.6. The number of aromatic nitrogens is 3. The Morgan fingerprint density at radius 3 is 2.13 bits per heavy atom. The summed E-state index contributed by atoms with van der Waals surface area (Å²) >= 11 is 1.79. The van der Waals surface area contributed by atoms with Gasteiger partial charge in [0.2, 0.25) is 0 Å². The summed E-state index contributed by atoms with van der Waals surface area (Å²) in [6.07, 6.45) is 0. The second kappa shape index (κ2) is 9.36. The van der Waals surface area contributed by atoms with Crippen LogP contribution >= 0.6 is 11.3 Å². The molecule has 5 heteroatoms. The predicted molar refractivity (Wildman–Crippen MR) is 187 cm³/mol. The number of rotatable bonds is 3. The van der Waals surface area contributed by atoms with Crippen molar-refractivity contribution >= 4 is 75.4 Å². The number of thiophene rings is 1. The molecule has 0 amide bonds. The van der Waals surface area contributed by atoms with Crippen LogP contribution in [-0.4, -0.2) is 14.5 Å². The number of para-hydroxylation sites is 4. The van der Waals surface area contributed by atoms with Crippen molar-refractivity contribution in [1.82, 2.24) is 14.5 Å². The maximum absolute atomic E-state index is 6.44. The van der Waals surface area contributed by atoms with Crippen LogP contribution in [0, 0.1) is 0 Å². The lowest BCUT2D eigenvalue weighted by Crippen LogP contribution is -1.94. The Balaban J connectivity index is 1.33. The van der Waals surface area contributed by atoms with Crippen LogP contribution in [-0.2, 0) is 0 Å². The largest absolute Gasteiger partial charge is 0.455 e. The second-order valence-corrected chi connectivity index (χ2v) is 12.4. The molecular weight excluding hydrogens is 571 g/mol. The van der Waals surface area contributed by atoms with Crippen LogP contribution in [0.4, 0.5) is 0 Å². The lowest BCUT2D eigenvalue weighted by atomic mass is 10.1. The van der Waals surface area contributed by atoms with Gasteiger partial charge in [0.25, 0.3) is 0 Å². The average Bonchev–Trinajstić information content (AvgIpc) is 3.78. The molecule has 0 radical (unpaired) electrons. The molecule has 0 fully saturated rings. The number of nitrogens with zero attached hydrogens (tertiary/aromatic N) is 3. The van der Waals surface area contributed by atoms with E-state index in [1.165, 1.54) is 26.5 Å². The van der Waals surface area contributed by atoms with Crippen molar-refractivity contribution in [3.63, 3.8) is 0 Å². The SMILES string of the molecule is c1ccc(-c2nc(-c3cccc4c3oc3ccccc34)nc3c2sc2c3ccc3c2c2ccccc2n3-c2ccccc2)cc1. The third kappa shape index (κ3) is 3.53. The molecule has 0 unspecified atom stereocenters.